The summed E-state index contributed by atoms with van der Waals surface area (Å²) in [5.41, 5.74) is 0.640. The first-order valence-corrected chi connectivity index (χ1v) is 5.08. The number of hydrogen-bond donors (Lipinski definition) is 0. The number of aromatic nitrogens is 2. The highest BCUT2D eigenvalue weighted by atomic mass is 32.2. The number of rotatable bonds is 2. The van der Waals surface area contributed by atoms with Gasteiger partial charge in [0, 0.05) is 11.8 Å². The van der Waals surface area contributed by atoms with Crippen LogP contribution in [0.4, 0.5) is 0 Å². The van der Waals surface area contributed by atoms with E-state index in [2.05, 4.69) is 16.3 Å². The molecule has 15 heavy (non-hydrogen) atoms. The first-order chi connectivity index (χ1) is 7.28. The summed E-state index contributed by atoms with van der Waals surface area (Å²) in [5.74, 6) is 0.547. The Morgan fingerprint density at radius 2 is 2.00 bits per heavy atom. The molecule has 0 atom stereocenters. The lowest BCUT2D eigenvalue weighted by Gasteiger charge is -1.95. The van der Waals surface area contributed by atoms with Gasteiger partial charge in [0.15, 0.2) is 0 Å². The van der Waals surface area contributed by atoms with Gasteiger partial charge in [-0.05, 0) is 36.0 Å². The van der Waals surface area contributed by atoms with Crippen LogP contribution in [0, 0.1) is 18.3 Å². The lowest BCUT2D eigenvalue weighted by atomic mass is 10.2. The van der Waals surface area contributed by atoms with Crippen LogP contribution in [0.2, 0.25) is 0 Å². The molecule has 5 heteroatoms. The summed E-state index contributed by atoms with van der Waals surface area (Å²) in [6.45, 7) is 1.75. The topological polar surface area (TPSA) is 62.7 Å². The van der Waals surface area contributed by atoms with Crippen molar-refractivity contribution in [3.05, 3.63) is 35.7 Å². The van der Waals surface area contributed by atoms with Crippen molar-refractivity contribution in [3.8, 4) is 6.07 Å². The van der Waals surface area contributed by atoms with Gasteiger partial charge >= 0.3 is 0 Å². The number of hydrogen-bond acceptors (Lipinski definition) is 5. The van der Waals surface area contributed by atoms with E-state index in [0.717, 1.165) is 4.90 Å². The van der Waals surface area contributed by atoms with E-state index in [9.17, 15) is 0 Å². The molecule has 1 heterocycles. The largest absolute Gasteiger partial charge is 0.416 e. The molecule has 2 rings (SSSR count). The van der Waals surface area contributed by atoms with Crippen LogP contribution in [-0.2, 0) is 0 Å². The van der Waals surface area contributed by atoms with Crippen molar-refractivity contribution in [3.63, 3.8) is 0 Å². The second-order valence-electron chi connectivity index (χ2n) is 2.83. The maximum atomic E-state index is 8.62. The van der Waals surface area contributed by atoms with E-state index < -0.39 is 0 Å². The van der Waals surface area contributed by atoms with Crippen molar-refractivity contribution in [1.82, 2.24) is 10.2 Å². The SMILES string of the molecule is Cc1nnc(Sc2ccc(C#N)cc2)o1. The lowest BCUT2D eigenvalue weighted by molar-refractivity contribution is 0.429. The monoisotopic (exact) mass is 217 g/mol. The van der Waals surface area contributed by atoms with Gasteiger partial charge in [0.25, 0.3) is 5.22 Å². The van der Waals surface area contributed by atoms with Crippen LogP contribution < -0.4 is 0 Å². The second kappa shape index (κ2) is 4.15. The van der Waals surface area contributed by atoms with Gasteiger partial charge < -0.3 is 4.42 Å². The first-order valence-electron chi connectivity index (χ1n) is 4.26. The van der Waals surface area contributed by atoms with Gasteiger partial charge in [-0.2, -0.15) is 5.26 Å². The highest BCUT2D eigenvalue weighted by Crippen LogP contribution is 2.26. The van der Waals surface area contributed by atoms with E-state index in [0.29, 0.717) is 16.7 Å². The molecular formula is C10H7N3OS. The second-order valence-corrected chi connectivity index (χ2v) is 3.85. The van der Waals surface area contributed by atoms with Crippen molar-refractivity contribution in [2.75, 3.05) is 0 Å². The molecule has 0 saturated carbocycles. The molecule has 0 spiro atoms. The Morgan fingerprint density at radius 3 is 2.53 bits per heavy atom. The van der Waals surface area contributed by atoms with Crippen LogP contribution in [0.25, 0.3) is 0 Å². The fraction of sp³-hybridized carbons (Fsp3) is 0.100. The zero-order valence-electron chi connectivity index (χ0n) is 7.97. The molecule has 4 nitrogen and oxygen atoms in total. The van der Waals surface area contributed by atoms with Gasteiger partial charge in [-0.1, -0.05) is 0 Å². The van der Waals surface area contributed by atoms with Crippen LogP contribution in [0.15, 0.2) is 38.8 Å². The Bertz CT molecular complexity index is 498. The molecule has 74 valence electrons. The van der Waals surface area contributed by atoms with E-state index in [1.165, 1.54) is 11.8 Å². The van der Waals surface area contributed by atoms with E-state index in [4.69, 9.17) is 9.68 Å². The minimum absolute atomic E-state index is 0.511. The van der Waals surface area contributed by atoms with Gasteiger partial charge in [-0.3, -0.25) is 0 Å². The molecule has 0 radical (unpaired) electrons. The maximum absolute atomic E-state index is 8.62. The lowest BCUT2D eigenvalue weighted by Crippen LogP contribution is -1.76. The molecule has 0 aliphatic heterocycles. The smallest absolute Gasteiger partial charge is 0.281 e. The minimum atomic E-state index is 0.511. The molecule has 0 bridgehead atoms. The summed E-state index contributed by atoms with van der Waals surface area (Å²) in [6.07, 6.45) is 0. The molecule has 0 unspecified atom stereocenters. The van der Waals surface area contributed by atoms with Crippen LogP contribution >= 0.6 is 11.8 Å². The predicted molar refractivity (Wildman–Crippen MR) is 54.3 cm³/mol. The van der Waals surface area contributed by atoms with Crippen molar-refractivity contribution in [2.45, 2.75) is 17.0 Å². The Morgan fingerprint density at radius 1 is 1.27 bits per heavy atom. The fourth-order valence-electron chi connectivity index (χ4n) is 1.02. The van der Waals surface area contributed by atoms with Gasteiger partial charge in [0.2, 0.25) is 5.89 Å². The summed E-state index contributed by atoms with van der Waals surface area (Å²) in [5, 5.41) is 16.7. The number of benzene rings is 1. The number of nitriles is 1. The van der Waals surface area contributed by atoms with Gasteiger partial charge in [-0.25, -0.2) is 0 Å². The van der Waals surface area contributed by atoms with E-state index >= 15 is 0 Å². The average molecular weight is 217 g/mol. The van der Waals surface area contributed by atoms with Crippen LogP contribution in [0.1, 0.15) is 11.5 Å². The third-order valence-electron chi connectivity index (χ3n) is 1.70. The van der Waals surface area contributed by atoms with E-state index in [1.54, 1.807) is 19.1 Å². The zero-order chi connectivity index (χ0) is 10.7. The van der Waals surface area contributed by atoms with Crippen LogP contribution in [0.3, 0.4) is 0 Å². The predicted octanol–water partition coefficient (Wildman–Crippen LogP) is 2.40. The van der Waals surface area contributed by atoms with Crippen molar-refractivity contribution in [2.24, 2.45) is 0 Å². The molecule has 0 saturated heterocycles. The van der Waals surface area contributed by atoms with Gasteiger partial charge in [0.05, 0.1) is 11.6 Å². The Balaban J connectivity index is 2.15. The summed E-state index contributed by atoms with van der Waals surface area (Å²) < 4.78 is 5.22. The van der Waals surface area contributed by atoms with E-state index in [1.807, 2.05) is 12.1 Å². The summed E-state index contributed by atoms with van der Waals surface area (Å²) in [7, 11) is 0. The molecule has 0 amide bonds. The normalized spacial score (nSPS) is 9.87. The summed E-state index contributed by atoms with van der Waals surface area (Å²) in [4.78, 5) is 0.970. The Hall–Kier alpha value is -1.80. The van der Waals surface area contributed by atoms with Crippen molar-refractivity contribution in [1.29, 1.82) is 5.26 Å². The quantitative estimate of drug-likeness (QED) is 0.772. The fourth-order valence-corrected chi connectivity index (χ4v) is 1.74. The van der Waals surface area contributed by atoms with E-state index in [-0.39, 0.29) is 0 Å². The Kier molecular flexibility index (Phi) is 2.70. The summed E-state index contributed by atoms with van der Waals surface area (Å²) >= 11 is 1.38. The average Bonchev–Trinajstić information content (AvgIpc) is 2.65. The highest BCUT2D eigenvalue weighted by Gasteiger charge is 2.04. The maximum Gasteiger partial charge on any atom is 0.281 e. The van der Waals surface area contributed by atoms with Crippen LogP contribution in [-0.4, -0.2) is 10.2 Å². The molecule has 2 aromatic rings. The zero-order valence-corrected chi connectivity index (χ0v) is 8.78. The molecule has 0 aliphatic carbocycles. The molecule has 0 N–H and O–H groups in total. The minimum Gasteiger partial charge on any atom is -0.416 e. The molecule has 0 fully saturated rings. The Labute approximate surface area is 90.9 Å². The molecular weight excluding hydrogens is 210 g/mol. The van der Waals surface area contributed by atoms with Crippen molar-refractivity contribution < 1.29 is 4.42 Å². The molecule has 0 aliphatic rings. The third kappa shape index (κ3) is 2.36. The number of nitrogens with zero attached hydrogens (tertiary/aromatic N) is 3. The van der Waals surface area contributed by atoms with Gasteiger partial charge in [0.1, 0.15) is 0 Å². The highest BCUT2D eigenvalue weighted by molar-refractivity contribution is 7.99. The molecule has 1 aromatic heterocycles. The third-order valence-corrected chi connectivity index (χ3v) is 2.54. The van der Waals surface area contributed by atoms with Crippen LogP contribution in [0.5, 0.6) is 0 Å². The summed E-state index contributed by atoms with van der Waals surface area (Å²) in [6, 6.07) is 9.27. The first kappa shape index (κ1) is 9.74. The standard InChI is InChI=1S/C10H7N3OS/c1-7-12-13-10(14-7)15-9-4-2-8(6-11)3-5-9/h2-5H,1H3. The number of aryl methyl sites for hydroxylation is 1. The van der Waals surface area contributed by atoms with Crippen molar-refractivity contribution >= 4 is 11.8 Å². The molecule has 1 aromatic carbocycles. The van der Waals surface area contributed by atoms with Gasteiger partial charge in [-0.15, -0.1) is 10.2 Å².